The van der Waals surface area contributed by atoms with Crippen molar-refractivity contribution in [3.8, 4) is 5.75 Å². The monoisotopic (exact) mass is 375 g/mol. The summed E-state index contributed by atoms with van der Waals surface area (Å²) in [6.45, 7) is 2.54. The lowest BCUT2D eigenvalue weighted by atomic mass is 10.2. The largest absolute Gasteiger partial charge is 0.497 e. The van der Waals surface area contributed by atoms with Crippen LogP contribution in [0.1, 0.15) is 23.0 Å². The van der Waals surface area contributed by atoms with E-state index in [1.807, 2.05) is 36.2 Å². The van der Waals surface area contributed by atoms with Crippen molar-refractivity contribution in [2.75, 3.05) is 25.7 Å². The van der Waals surface area contributed by atoms with E-state index in [-0.39, 0.29) is 23.0 Å². The van der Waals surface area contributed by atoms with Gasteiger partial charge in [-0.05, 0) is 24.6 Å². The van der Waals surface area contributed by atoms with Gasteiger partial charge in [0.1, 0.15) is 16.4 Å². The molecule has 0 saturated heterocycles. The van der Waals surface area contributed by atoms with Gasteiger partial charge in [-0.3, -0.25) is 0 Å². The SMILES string of the molecule is CCOC(=O)c1noc2c(N(C)Cc3ccc(OC)cc3)cc(Cl)nc12. The highest BCUT2D eigenvalue weighted by Crippen LogP contribution is 2.31. The molecule has 2 heterocycles. The highest BCUT2D eigenvalue weighted by atomic mass is 35.5. The van der Waals surface area contributed by atoms with E-state index in [2.05, 4.69) is 10.1 Å². The number of rotatable bonds is 6. The molecular formula is C18H18ClN3O4. The molecule has 0 bridgehead atoms. The highest BCUT2D eigenvalue weighted by Gasteiger charge is 2.23. The number of nitrogens with zero attached hydrogens (tertiary/aromatic N) is 3. The number of halogens is 1. The molecule has 2 aromatic heterocycles. The van der Waals surface area contributed by atoms with E-state index in [0.29, 0.717) is 17.8 Å². The van der Waals surface area contributed by atoms with Crippen molar-refractivity contribution >= 4 is 34.4 Å². The predicted octanol–water partition coefficient (Wildman–Crippen LogP) is 3.70. The molecule has 0 unspecified atom stereocenters. The van der Waals surface area contributed by atoms with Crippen LogP contribution in [0, 0.1) is 0 Å². The summed E-state index contributed by atoms with van der Waals surface area (Å²) < 4.78 is 15.5. The van der Waals surface area contributed by atoms with E-state index in [1.165, 1.54) is 0 Å². The molecule has 0 amide bonds. The lowest BCUT2D eigenvalue weighted by Gasteiger charge is -2.19. The molecule has 7 nitrogen and oxygen atoms in total. The summed E-state index contributed by atoms with van der Waals surface area (Å²) in [4.78, 5) is 18.1. The normalized spacial score (nSPS) is 10.8. The van der Waals surface area contributed by atoms with Crippen molar-refractivity contribution in [3.63, 3.8) is 0 Å². The van der Waals surface area contributed by atoms with Crippen LogP contribution in [-0.4, -0.2) is 36.9 Å². The van der Waals surface area contributed by atoms with Crippen molar-refractivity contribution in [1.29, 1.82) is 0 Å². The third-order valence-electron chi connectivity index (χ3n) is 3.83. The standard InChI is InChI=1S/C18H18ClN3O4/c1-4-25-18(23)16-15-17(26-21-16)13(9-14(19)20-15)22(2)10-11-5-7-12(24-3)8-6-11/h5-9H,4,10H2,1-3H3. The Morgan fingerprint density at radius 3 is 2.69 bits per heavy atom. The topological polar surface area (TPSA) is 77.7 Å². The summed E-state index contributed by atoms with van der Waals surface area (Å²) in [5.74, 6) is 0.199. The summed E-state index contributed by atoms with van der Waals surface area (Å²) in [7, 11) is 3.52. The summed E-state index contributed by atoms with van der Waals surface area (Å²) in [6, 6.07) is 9.41. The number of esters is 1. The summed E-state index contributed by atoms with van der Waals surface area (Å²) >= 11 is 6.15. The average Bonchev–Trinajstić information content (AvgIpc) is 3.05. The summed E-state index contributed by atoms with van der Waals surface area (Å²) in [6.07, 6.45) is 0. The molecule has 3 rings (SSSR count). The molecule has 0 spiro atoms. The average molecular weight is 376 g/mol. The first-order chi connectivity index (χ1) is 12.5. The van der Waals surface area contributed by atoms with Crippen molar-refractivity contribution in [2.45, 2.75) is 13.5 Å². The number of carbonyl (C=O) groups is 1. The Labute approximate surface area is 155 Å². The first-order valence-electron chi connectivity index (χ1n) is 8.00. The van der Waals surface area contributed by atoms with Gasteiger partial charge in [0.2, 0.25) is 11.3 Å². The van der Waals surface area contributed by atoms with Gasteiger partial charge in [-0.1, -0.05) is 28.9 Å². The van der Waals surface area contributed by atoms with Crippen LogP contribution in [0.5, 0.6) is 5.75 Å². The lowest BCUT2D eigenvalue weighted by molar-refractivity contribution is 0.0516. The summed E-state index contributed by atoms with van der Waals surface area (Å²) in [5.41, 5.74) is 2.43. The lowest BCUT2D eigenvalue weighted by Crippen LogP contribution is -2.16. The number of hydrogen-bond donors (Lipinski definition) is 0. The molecular weight excluding hydrogens is 358 g/mol. The fraction of sp³-hybridized carbons (Fsp3) is 0.278. The molecule has 136 valence electrons. The number of pyridine rings is 1. The van der Waals surface area contributed by atoms with Crippen molar-refractivity contribution in [3.05, 3.63) is 46.7 Å². The molecule has 1 aromatic carbocycles. The van der Waals surface area contributed by atoms with Gasteiger partial charge in [-0.2, -0.15) is 0 Å². The second-order valence-corrected chi connectivity index (χ2v) is 5.98. The smallest absolute Gasteiger partial charge is 0.362 e. The Morgan fingerprint density at radius 1 is 1.31 bits per heavy atom. The van der Waals surface area contributed by atoms with E-state index in [9.17, 15) is 4.79 Å². The number of aromatic nitrogens is 2. The van der Waals surface area contributed by atoms with Crippen LogP contribution in [0.4, 0.5) is 5.69 Å². The quantitative estimate of drug-likeness (QED) is 0.480. The molecule has 0 fully saturated rings. The third kappa shape index (κ3) is 3.57. The number of hydrogen-bond acceptors (Lipinski definition) is 7. The van der Waals surface area contributed by atoms with E-state index in [1.54, 1.807) is 20.1 Å². The van der Waals surface area contributed by atoms with Gasteiger partial charge in [-0.15, -0.1) is 0 Å². The molecule has 26 heavy (non-hydrogen) atoms. The highest BCUT2D eigenvalue weighted by molar-refractivity contribution is 6.30. The van der Waals surface area contributed by atoms with Gasteiger partial charge < -0.3 is 18.9 Å². The predicted molar refractivity (Wildman–Crippen MR) is 97.9 cm³/mol. The summed E-state index contributed by atoms with van der Waals surface area (Å²) in [5, 5.41) is 4.05. The Hall–Kier alpha value is -2.80. The van der Waals surface area contributed by atoms with Gasteiger partial charge in [0.15, 0.2) is 0 Å². The number of ether oxygens (including phenoxy) is 2. The Kier molecular flexibility index (Phi) is 5.27. The zero-order valence-electron chi connectivity index (χ0n) is 14.7. The number of benzene rings is 1. The van der Waals surface area contributed by atoms with Gasteiger partial charge in [0.25, 0.3) is 0 Å². The van der Waals surface area contributed by atoms with Gasteiger partial charge >= 0.3 is 5.97 Å². The van der Waals surface area contributed by atoms with Gasteiger partial charge in [0.05, 0.1) is 19.4 Å². The molecule has 3 aromatic rings. The van der Waals surface area contributed by atoms with Crippen LogP contribution < -0.4 is 9.64 Å². The zero-order valence-corrected chi connectivity index (χ0v) is 15.4. The first kappa shape index (κ1) is 18.0. The Balaban J connectivity index is 1.94. The number of fused-ring (bicyclic) bond motifs is 1. The number of carbonyl (C=O) groups excluding carboxylic acids is 1. The van der Waals surface area contributed by atoms with E-state index in [0.717, 1.165) is 11.3 Å². The van der Waals surface area contributed by atoms with Crippen LogP contribution in [0.15, 0.2) is 34.9 Å². The first-order valence-corrected chi connectivity index (χ1v) is 8.38. The van der Waals surface area contributed by atoms with Crippen LogP contribution in [0.25, 0.3) is 11.1 Å². The Morgan fingerprint density at radius 2 is 2.04 bits per heavy atom. The minimum Gasteiger partial charge on any atom is -0.497 e. The molecule has 0 N–H and O–H groups in total. The van der Waals surface area contributed by atoms with Crippen molar-refractivity contribution < 1.29 is 18.8 Å². The van der Waals surface area contributed by atoms with Crippen LogP contribution in [0.3, 0.4) is 0 Å². The maximum absolute atomic E-state index is 12.0. The Bertz CT molecular complexity index is 924. The van der Waals surface area contributed by atoms with Crippen molar-refractivity contribution in [2.24, 2.45) is 0 Å². The molecule has 0 radical (unpaired) electrons. The molecule has 0 aliphatic carbocycles. The fourth-order valence-corrected chi connectivity index (χ4v) is 2.77. The zero-order chi connectivity index (χ0) is 18.7. The van der Waals surface area contributed by atoms with Crippen LogP contribution in [0.2, 0.25) is 5.15 Å². The van der Waals surface area contributed by atoms with Gasteiger partial charge in [-0.25, -0.2) is 9.78 Å². The maximum Gasteiger partial charge on any atom is 0.362 e. The minimum atomic E-state index is -0.593. The number of methoxy groups -OCH3 is 1. The van der Waals surface area contributed by atoms with Crippen LogP contribution in [-0.2, 0) is 11.3 Å². The van der Waals surface area contributed by atoms with Gasteiger partial charge in [0, 0.05) is 19.7 Å². The van der Waals surface area contributed by atoms with Crippen molar-refractivity contribution in [1.82, 2.24) is 10.1 Å². The van der Waals surface area contributed by atoms with Crippen LogP contribution >= 0.6 is 11.6 Å². The third-order valence-corrected chi connectivity index (χ3v) is 4.03. The second kappa shape index (κ2) is 7.61. The fourth-order valence-electron chi connectivity index (χ4n) is 2.58. The second-order valence-electron chi connectivity index (χ2n) is 5.60. The maximum atomic E-state index is 12.0. The van der Waals surface area contributed by atoms with E-state index >= 15 is 0 Å². The molecule has 0 saturated carbocycles. The minimum absolute atomic E-state index is 0.0171. The molecule has 0 aliphatic heterocycles. The number of anilines is 1. The van der Waals surface area contributed by atoms with E-state index in [4.69, 9.17) is 25.6 Å². The van der Waals surface area contributed by atoms with E-state index < -0.39 is 5.97 Å². The molecule has 0 atom stereocenters. The molecule has 0 aliphatic rings. The molecule has 8 heteroatoms.